The van der Waals surface area contributed by atoms with Gasteiger partial charge in [0.25, 0.3) is 0 Å². The second kappa shape index (κ2) is 7.78. The van der Waals surface area contributed by atoms with Crippen LogP contribution in [-0.4, -0.2) is 27.8 Å². The third-order valence-electron chi connectivity index (χ3n) is 5.78. The average Bonchev–Trinajstić information content (AvgIpc) is 2.58. The quantitative estimate of drug-likeness (QED) is 0.283. The van der Waals surface area contributed by atoms with Crippen molar-refractivity contribution in [3.8, 4) is 11.5 Å². The van der Waals surface area contributed by atoms with E-state index in [2.05, 4.69) is 38.0 Å². The summed E-state index contributed by atoms with van der Waals surface area (Å²) in [6.45, 7) is 14.0. The van der Waals surface area contributed by atoms with E-state index in [9.17, 15) is 21.6 Å². The van der Waals surface area contributed by atoms with Crippen LogP contribution in [0.2, 0.25) is 18.1 Å². The Labute approximate surface area is 177 Å². The van der Waals surface area contributed by atoms with Crippen LogP contribution >= 0.6 is 0 Å². The lowest BCUT2D eigenvalue weighted by atomic mass is 9.92. The predicted octanol–water partition coefficient (Wildman–Crippen LogP) is 6.23. The maximum absolute atomic E-state index is 12.9. The number of hydrogen-bond donors (Lipinski definition) is 0. The maximum Gasteiger partial charge on any atom is 0.534 e. The highest BCUT2D eigenvalue weighted by Gasteiger charge is 2.50. The molecular formula is C20H29F3O5SSi. The Kier molecular flexibility index (Phi) is 6.37. The van der Waals surface area contributed by atoms with Gasteiger partial charge in [0.15, 0.2) is 5.76 Å². The number of rotatable bonds is 6. The van der Waals surface area contributed by atoms with Crippen LogP contribution in [0.4, 0.5) is 13.2 Å². The number of alkyl halides is 3. The van der Waals surface area contributed by atoms with Crippen molar-refractivity contribution >= 4 is 24.2 Å². The van der Waals surface area contributed by atoms with Crippen molar-refractivity contribution < 1.29 is 34.9 Å². The molecular weight excluding hydrogens is 437 g/mol. The zero-order chi connectivity index (χ0) is 23.2. The molecule has 2 rings (SSSR count). The minimum absolute atomic E-state index is 0.0602. The molecule has 0 spiro atoms. The number of halogens is 3. The summed E-state index contributed by atoms with van der Waals surface area (Å²) in [4.78, 5) is 0. The standard InChI is InChI=1S/C20H29F3O5SSi/c1-8-19(9-2)13-17(27-29(24,25)20(21,22)23)15-11-10-14(12-16(15)26-19)28-30(6,7)18(3,4)5/h10-13H,8-9H2,1-7H3. The van der Waals surface area contributed by atoms with Crippen LogP contribution in [0, 0.1) is 0 Å². The van der Waals surface area contributed by atoms with E-state index in [0.29, 0.717) is 18.6 Å². The van der Waals surface area contributed by atoms with Gasteiger partial charge in [0.2, 0.25) is 8.32 Å². The zero-order valence-electron chi connectivity index (χ0n) is 18.3. The monoisotopic (exact) mass is 466 g/mol. The fraction of sp³-hybridized carbons (Fsp3) is 0.600. The first-order valence-corrected chi connectivity index (χ1v) is 14.0. The molecule has 0 amide bonds. The van der Waals surface area contributed by atoms with E-state index in [0.717, 1.165) is 0 Å². The molecule has 1 aliphatic heterocycles. The molecule has 0 N–H and O–H groups in total. The van der Waals surface area contributed by atoms with E-state index in [4.69, 9.17) is 9.16 Å². The van der Waals surface area contributed by atoms with Gasteiger partial charge in [-0.25, -0.2) is 0 Å². The molecule has 170 valence electrons. The van der Waals surface area contributed by atoms with Gasteiger partial charge in [0, 0.05) is 12.1 Å². The lowest BCUT2D eigenvalue weighted by Gasteiger charge is -2.38. The lowest BCUT2D eigenvalue weighted by Crippen LogP contribution is -2.43. The maximum atomic E-state index is 12.9. The van der Waals surface area contributed by atoms with Crippen LogP contribution in [0.1, 0.15) is 53.0 Å². The lowest BCUT2D eigenvalue weighted by molar-refractivity contribution is -0.0511. The van der Waals surface area contributed by atoms with Crippen LogP contribution in [0.3, 0.4) is 0 Å². The molecule has 0 atom stereocenters. The molecule has 0 saturated carbocycles. The van der Waals surface area contributed by atoms with E-state index < -0.39 is 35.3 Å². The van der Waals surface area contributed by atoms with Gasteiger partial charge in [-0.1, -0.05) is 34.6 Å². The smallest absolute Gasteiger partial charge is 0.534 e. The van der Waals surface area contributed by atoms with Gasteiger partial charge in [-0.2, -0.15) is 21.6 Å². The van der Waals surface area contributed by atoms with Gasteiger partial charge >= 0.3 is 15.6 Å². The molecule has 0 radical (unpaired) electrons. The predicted molar refractivity (Wildman–Crippen MR) is 112 cm³/mol. The minimum atomic E-state index is -5.81. The fourth-order valence-corrected chi connectivity index (χ4v) is 4.19. The third kappa shape index (κ3) is 4.79. The van der Waals surface area contributed by atoms with Crippen LogP contribution in [0.25, 0.3) is 5.76 Å². The summed E-state index contributed by atoms with van der Waals surface area (Å²) in [6.07, 6.45) is 2.14. The molecule has 5 nitrogen and oxygen atoms in total. The normalized spacial score (nSPS) is 16.9. The number of hydrogen-bond acceptors (Lipinski definition) is 5. The Morgan fingerprint density at radius 3 is 2.13 bits per heavy atom. The van der Waals surface area contributed by atoms with Crippen molar-refractivity contribution in [2.45, 2.75) is 76.7 Å². The van der Waals surface area contributed by atoms with E-state index in [-0.39, 0.29) is 16.4 Å². The highest BCUT2D eigenvalue weighted by atomic mass is 32.2. The Balaban J connectivity index is 2.53. The van der Waals surface area contributed by atoms with Crippen molar-refractivity contribution in [1.82, 2.24) is 0 Å². The van der Waals surface area contributed by atoms with E-state index >= 15 is 0 Å². The molecule has 0 aromatic heterocycles. The summed E-state index contributed by atoms with van der Waals surface area (Å²) in [5.74, 6) is 0.349. The molecule has 10 heteroatoms. The molecule has 0 fully saturated rings. The van der Waals surface area contributed by atoms with Gasteiger partial charge in [0.05, 0.1) is 5.56 Å². The minimum Gasteiger partial charge on any atom is -0.543 e. The van der Waals surface area contributed by atoms with E-state index in [1.54, 1.807) is 26.0 Å². The van der Waals surface area contributed by atoms with Crippen molar-refractivity contribution in [1.29, 1.82) is 0 Å². The van der Waals surface area contributed by atoms with Crippen molar-refractivity contribution in [3.05, 3.63) is 29.8 Å². The second-order valence-electron chi connectivity index (χ2n) is 8.89. The topological polar surface area (TPSA) is 61.8 Å². The average molecular weight is 467 g/mol. The molecule has 30 heavy (non-hydrogen) atoms. The third-order valence-corrected chi connectivity index (χ3v) is 11.1. The highest BCUT2D eigenvalue weighted by Crippen LogP contribution is 2.44. The zero-order valence-corrected chi connectivity index (χ0v) is 20.1. The summed E-state index contributed by atoms with van der Waals surface area (Å²) < 4.78 is 78.8. The van der Waals surface area contributed by atoms with Gasteiger partial charge in [0.1, 0.15) is 17.1 Å². The van der Waals surface area contributed by atoms with E-state index in [1.807, 2.05) is 0 Å². The summed E-state index contributed by atoms with van der Waals surface area (Å²) in [6, 6.07) is 4.64. The summed E-state index contributed by atoms with van der Waals surface area (Å²) in [5, 5.41) is -0.0602. The molecule has 0 bridgehead atoms. The second-order valence-corrected chi connectivity index (χ2v) is 15.1. The first-order valence-electron chi connectivity index (χ1n) is 9.73. The summed E-state index contributed by atoms with van der Waals surface area (Å²) in [5.41, 5.74) is -6.39. The Hall–Kier alpha value is -1.68. The molecule has 1 aliphatic rings. The van der Waals surface area contributed by atoms with Crippen molar-refractivity contribution in [2.24, 2.45) is 0 Å². The first-order chi connectivity index (χ1) is 13.5. The molecule has 0 unspecified atom stereocenters. The molecule has 1 aromatic carbocycles. The Bertz CT molecular complexity index is 927. The van der Waals surface area contributed by atoms with Crippen LogP contribution in [0.15, 0.2) is 24.3 Å². The largest absolute Gasteiger partial charge is 0.543 e. The van der Waals surface area contributed by atoms with Gasteiger partial charge < -0.3 is 13.3 Å². The van der Waals surface area contributed by atoms with Gasteiger partial charge in [-0.05, 0) is 43.1 Å². The number of benzene rings is 1. The SMILES string of the molecule is CCC1(CC)C=C(OS(=O)(=O)C(F)(F)F)c2ccc(O[Si](C)(C)C(C)(C)C)cc2O1. The van der Waals surface area contributed by atoms with Crippen molar-refractivity contribution in [2.75, 3.05) is 0 Å². The molecule has 1 aromatic rings. The van der Waals surface area contributed by atoms with Gasteiger partial charge in [-0.3, -0.25) is 0 Å². The summed E-state index contributed by atoms with van der Waals surface area (Å²) >= 11 is 0. The highest BCUT2D eigenvalue weighted by molar-refractivity contribution is 7.87. The number of ether oxygens (including phenoxy) is 1. The van der Waals surface area contributed by atoms with Crippen LogP contribution in [-0.2, 0) is 14.3 Å². The van der Waals surface area contributed by atoms with Crippen LogP contribution in [0.5, 0.6) is 11.5 Å². The number of fused-ring (bicyclic) bond motifs is 1. The molecule has 0 aliphatic carbocycles. The summed E-state index contributed by atoms with van der Waals surface area (Å²) in [7, 11) is -7.98. The van der Waals surface area contributed by atoms with E-state index in [1.165, 1.54) is 12.1 Å². The Morgan fingerprint density at radius 1 is 1.10 bits per heavy atom. The van der Waals surface area contributed by atoms with Crippen molar-refractivity contribution in [3.63, 3.8) is 0 Å². The fourth-order valence-electron chi connectivity index (χ4n) is 2.70. The van der Waals surface area contributed by atoms with Gasteiger partial charge in [-0.15, -0.1) is 0 Å². The molecule has 0 saturated heterocycles. The Morgan fingerprint density at radius 2 is 1.67 bits per heavy atom. The molecule has 1 heterocycles. The first kappa shape index (κ1) is 24.6. The van der Waals surface area contributed by atoms with Crippen LogP contribution < -0.4 is 9.16 Å².